The summed E-state index contributed by atoms with van der Waals surface area (Å²) in [5, 5.41) is 2.99. The second kappa shape index (κ2) is 9.94. The number of nitrogens with zero attached hydrogens (tertiary/aromatic N) is 3. The molecule has 1 N–H and O–H groups in total. The molecule has 7 nitrogen and oxygen atoms in total. The van der Waals surface area contributed by atoms with Crippen molar-refractivity contribution in [3.63, 3.8) is 0 Å². The molecule has 0 aromatic heterocycles. The van der Waals surface area contributed by atoms with Crippen LogP contribution in [0.3, 0.4) is 0 Å². The molecule has 2 fully saturated rings. The average Bonchev–Trinajstić information content (AvgIpc) is 3.19. The Hall–Kier alpha value is -3.22. The molecule has 0 saturated carbocycles. The van der Waals surface area contributed by atoms with Gasteiger partial charge in [0.2, 0.25) is 0 Å². The Morgan fingerprint density at radius 2 is 1.78 bits per heavy atom. The molecule has 2 saturated heterocycles. The standard InChI is InChI=1S/C25H32N4O3/c1-19-6-8-20(9-7-19)18-28-14-15-29(25(28)31)22-10-12-27(13-11-22)24(30)26-17-21-4-3-5-23(16-21)32-2/h3-9,16,22H,10-15,17-18H2,1-2H3,(H,26,30). The van der Waals surface area contributed by atoms with E-state index in [1.807, 2.05) is 39.0 Å². The van der Waals surface area contributed by atoms with E-state index in [4.69, 9.17) is 4.74 Å². The first-order valence-electron chi connectivity index (χ1n) is 11.3. The number of benzene rings is 2. The van der Waals surface area contributed by atoms with Gasteiger partial charge in [-0.2, -0.15) is 0 Å². The molecule has 0 radical (unpaired) electrons. The number of likely N-dealkylation sites (tertiary alicyclic amines) is 1. The first-order valence-corrected chi connectivity index (χ1v) is 11.3. The lowest BCUT2D eigenvalue weighted by molar-refractivity contribution is 0.134. The Kier molecular flexibility index (Phi) is 6.83. The normalized spacial score (nSPS) is 17.1. The predicted molar refractivity (Wildman–Crippen MR) is 124 cm³/mol. The fourth-order valence-corrected chi connectivity index (χ4v) is 4.45. The van der Waals surface area contributed by atoms with E-state index in [1.165, 1.54) is 5.56 Å². The highest BCUT2D eigenvalue weighted by atomic mass is 16.5. The summed E-state index contributed by atoms with van der Waals surface area (Å²) in [5.74, 6) is 0.782. The minimum absolute atomic E-state index is 0.0555. The predicted octanol–water partition coefficient (Wildman–Crippen LogP) is 3.62. The summed E-state index contributed by atoms with van der Waals surface area (Å²) in [4.78, 5) is 31.3. The number of nitrogens with one attached hydrogen (secondary N) is 1. The highest BCUT2D eigenvalue weighted by Gasteiger charge is 2.35. The van der Waals surface area contributed by atoms with E-state index in [0.29, 0.717) is 26.2 Å². The van der Waals surface area contributed by atoms with Crippen LogP contribution in [-0.4, -0.2) is 66.1 Å². The highest BCUT2D eigenvalue weighted by molar-refractivity contribution is 5.77. The van der Waals surface area contributed by atoms with Gasteiger partial charge in [-0.05, 0) is 43.0 Å². The summed E-state index contributed by atoms with van der Waals surface area (Å²) in [7, 11) is 1.63. The Labute approximate surface area is 189 Å². The van der Waals surface area contributed by atoms with Crippen LogP contribution in [0.5, 0.6) is 5.75 Å². The molecule has 2 heterocycles. The van der Waals surface area contributed by atoms with Crippen molar-refractivity contribution in [1.29, 1.82) is 0 Å². The summed E-state index contributed by atoms with van der Waals surface area (Å²) < 4.78 is 5.23. The van der Waals surface area contributed by atoms with Crippen molar-refractivity contribution >= 4 is 12.1 Å². The summed E-state index contributed by atoms with van der Waals surface area (Å²) in [6, 6.07) is 16.3. The molecule has 2 aromatic rings. The van der Waals surface area contributed by atoms with Gasteiger partial charge in [0, 0.05) is 45.3 Å². The van der Waals surface area contributed by atoms with E-state index in [0.717, 1.165) is 42.8 Å². The van der Waals surface area contributed by atoms with E-state index in [1.54, 1.807) is 7.11 Å². The monoisotopic (exact) mass is 436 g/mol. The number of carbonyl (C=O) groups is 2. The summed E-state index contributed by atoms with van der Waals surface area (Å²) >= 11 is 0. The van der Waals surface area contributed by atoms with Gasteiger partial charge in [-0.1, -0.05) is 42.0 Å². The van der Waals surface area contributed by atoms with Gasteiger partial charge in [-0.25, -0.2) is 9.59 Å². The number of amides is 4. The Bertz CT molecular complexity index is 938. The molecule has 2 aromatic carbocycles. The molecule has 2 aliphatic heterocycles. The minimum Gasteiger partial charge on any atom is -0.497 e. The molecular formula is C25H32N4O3. The molecule has 170 valence electrons. The van der Waals surface area contributed by atoms with E-state index in [-0.39, 0.29) is 18.1 Å². The lowest BCUT2D eigenvalue weighted by Gasteiger charge is -2.36. The third-order valence-electron chi connectivity index (χ3n) is 6.39. The fourth-order valence-electron chi connectivity index (χ4n) is 4.45. The number of aryl methyl sites for hydroxylation is 1. The quantitative estimate of drug-likeness (QED) is 0.752. The van der Waals surface area contributed by atoms with Gasteiger partial charge in [0.1, 0.15) is 5.75 Å². The second-order valence-corrected chi connectivity index (χ2v) is 8.61. The van der Waals surface area contributed by atoms with Gasteiger partial charge < -0.3 is 24.8 Å². The Morgan fingerprint density at radius 3 is 2.50 bits per heavy atom. The second-order valence-electron chi connectivity index (χ2n) is 8.61. The van der Waals surface area contributed by atoms with Gasteiger partial charge in [0.25, 0.3) is 0 Å². The van der Waals surface area contributed by atoms with E-state index >= 15 is 0 Å². The van der Waals surface area contributed by atoms with Crippen molar-refractivity contribution in [2.45, 2.75) is 38.9 Å². The van der Waals surface area contributed by atoms with Crippen molar-refractivity contribution < 1.29 is 14.3 Å². The van der Waals surface area contributed by atoms with E-state index in [2.05, 4.69) is 36.5 Å². The molecule has 32 heavy (non-hydrogen) atoms. The third kappa shape index (κ3) is 5.15. The number of piperidine rings is 1. The van der Waals surface area contributed by atoms with E-state index in [9.17, 15) is 9.59 Å². The van der Waals surface area contributed by atoms with Crippen molar-refractivity contribution in [2.75, 3.05) is 33.3 Å². The summed E-state index contributed by atoms with van der Waals surface area (Å²) in [5.41, 5.74) is 3.39. The van der Waals surface area contributed by atoms with Crippen molar-refractivity contribution in [3.05, 3.63) is 65.2 Å². The number of methoxy groups -OCH3 is 1. The molecule has 0 bridgehead atoms. The molecule has 4 amide bonds. The average molecular weight is 437 g/mol. The molecule has 7 heteroatoms. The van der Waals surface area contributed by atoms with Crippen LogP contribution in [0.15, 0.2) is 48.5 Å². The van der Waals surface area contributed by atoms with Crippen LogP contribution in [0.1, 0.15) is 29.5 Å². The van der Waals surface area contributed by atoms with Crippen LogP contribution < -0.4 is 10.1 Å². The van der Waals surface area contributed by atoms with Crippen LogP contribution in [0.25, 0.3) is 0 Å². The molecule has 0 unspecified atom stereocenters. The zero-order chi connectivity index (χ0) is 22.5. The Morgan fingerprint density at radius 1 is 1.03 bits per heavy atom. The number of carbonyl (C=O) groups excluding carboxylic acids is 2. The van der Waals surface area contributed by atoms with Crippen LogP contribution in [-0.2, 0) is 13.1 Å². The van der Waals surface area contributed by atoms with Crippen LogP contribution >= 0.6 is 0 Å². The largest absolute Gasteiger partial charge is 0.497 e. The molecule has 2 aliphatic rings. The lowest BCUT2D eigenvalue weighted by atomic mass is 10.0. The van der Waals surface area contributed by atoms with Crippen LogP contribution in [0, 0.1) is 6.92 Å². The van der Waals surface area contributed by atoms with Gasteiger partial charge in [0.05, 0.1) is 7.11 Å². The van der Waals surface area contributed by atoms with Gasteiger partial charge >= 0.3 is 12.1 Å². The van der Waals surface area contributed by atoms with Crippen LogP contribution in [0.4, 0.5) is 9.59 Å². The number of ether oxygens (including phenoxy) is 1. The SMILES string of the molecule is COc1cccc(CNC(=O)N2CCC(N3CCN(Cc4ccc(C)cc4)C3=O)CC2)c1. The molecule has 0 atom stereocenters. The van der Waals surface area contributed by atoms with Crippen molar-refractivity contribution in [1.82, 2.24) is 20.0 Å². The summed E-state index contributed by atoms with van der Waals surface area (Å²) in [6.45, 7) is 6.03. The first kappa shape index (κ1) is 22.0. The number of hydrogen-bond donors (Lipinski definition) is 1. The third-order valence-corrected chi connectivity index (χ3v) is 6.39. The maximum atomic E-state index is 13.0. The van der Waals surface area contributed by atoms with Gasteiger partial charge in [-0.3, -0.25) is 0 Å². The first-order chi connectivity index (χ1) is 15.5. The maximum absolute atomic E-state index is 13.0. The van der Waals surface area contributed by atoms with Crippen molar-refractivity contribution in [3.8, 4) is 5.75 Å². The maximum Gasteiger partial charge on any atom is 0.320 e. The Balaban J connectivity index is 1.24. The smallest absolute Gasteiger partial charge is 0.320 e. The van der Waals surface area contributed by atoms with Gasteiger partial charge in [-0.15, -0.1) is 0 Å². The summed E-state index contributed by atoms with van der Waals surface area (Å²) in [6.07, 6.45) is 1.63. The fraction of sp³-hybridized carbons (Fsp3) is 0.440. The molecular weight excluding hydrogens is 404 g/mol. The van der Waals surface area contributed by atoms with Crippen LogP contribution in [0.2, 0.25) is 0 Å². The molecule has 0 spiro atoms. The van der Waals surface area contributed by atoms with Gasteiger partial charge in [0.15, 0.2) is 0 Å². The zero-order valence-corrected chi connectivity index (χ0v) is 18.9. The topological polar surface area (TPSA) is 65.1 Å². The molecule has 0 aliphatic carbocycles. The van der Waals surface area contributed by atoms with Crippen molar-refractivity contribution in [2.24, 2.45) is 0 Å². The van der Waals surface area contributed by atoms with E-state index < -0.39 is 0 Å². The molecule has 4 rings (SSSR count). The number of urea groups is 2. The number of rotatable bonds is 6. The minimum atomic E-state index is -0.0555. The lowest BCUT2D eigenvalue weighted by Crippen LogP contribution is -2.50. The highest BCUT2D eigenvalue weighted by Crippen LogP contribution is 2.23. The zero-order valence-electron chi connectivity index (χ0n) is 18.9. The number of hydrogen-bond acceptors (Lipinski definition) is 3.